The summed E-state index contributed by atoms with van der Waals surface area (Å²) in [6.45, 7) is 1.64. The molecule has 0 bridgehead atoms. The summed E-state index contributed by atoms with van der Waals surface area (Å²) in [5, 5.41) is 8.93. The molecule has 2 aromatic rings. The Morgan fingerprint density at radius 2 is 2.16 bits per heavy atom. The van der Waals surface area contributed by atoms with E-state index in [1.54, 1.807) is 12.1 Å². The lowest BCUT2D eigenvalue weighted by Crippen LogP contribution is -2.12. The van der Waals surface area contributed by atoms with Crippen LogP contribution in [0.1, 0.15) is 11.3 Å². The number of halogens is 1. The fourth-order valence-corrected chi connectivity index (χ4v) is 3.18. The Kier molecular flexibility index (Phi) is 3.98. The van der Waals surface area contributed by atoms with Crippen molar-refractivity contribution in [3.8, 4) is 0 Å². The van der Waals surface area contributed by atoms with E-state index in [1.807, 2.05) is 13.0 Å². The lowest BCUT2D eigenvalue weighted by molar-refractivity contribution is 0.277. The lowest BCUT2D eigenvalue weighted by Gasteiger charge is -2.09. The first kappa shape index (κ1) is 14.1. The number of sulfonamides is 1. The molecule has 1 aromatic heterocycles. The number of benzene rings is 1. The number of aromatic nitrogens is 1. The van der Waals surface area contributed by atoms with Gasteiger partial charge < -0.3 is 10.1 Å². The van der Waals surface area contributed by atoms with Crippen molar-refractivity contribution < 1.29 is 13.5 Å². The van der Waals surface area contributed by atoms with Gasteiger partial charge in [0.25, 0.3) is 10.0 Å². The van der Waals surface area contributed by atoms with Gasteiger partial charge in [-0.3, -0.25) is 4.72 Å². The van der Waals surface area contributed by atoms with Crippen molar-refractivity contribution >= 4 is 31.6 Å². The fourth-order valence-electron chi connectivity index (χ4n) is 1.60. The van der Waals surface area contributed by atoms with Crippen LogP contribution in [0.15, 0.2) is 39.8 Å². The van der Waals surface area contributed by atoms with Gasteiger partial charge in [-0.1, -0.05) is 12.1 Å². The number of hydrogen-bond acceptors (Lipinski definition) is 3. The second kappa shape index (κ2) is 5.36. The molecule has 0 saturated heterocycles. The van der Waals surface area contributed by atoms with Crippen LogP contribution < -0.4 is 4.72 Å². The Hall–Kier alpha value is -1.31. The minimum atomic E-state index is -3.66. The van der Waals surface area contributed by atoms with E-state index in [4.69, 9.17) is 5.11 Å². The van der Waals surface area contributed by atoms with E-state index in [0.717, 1.165) is 5.56 Å². The van der Waals surface area contributed by atoms with Gasteiger partial charge in [-0.05, 0) is 40.5 Å². The number of anilines is 1. The van der Waals surface area contributed by atoms with Crippen LogP contribution in [0, 0.1) is 6.92 Å². The zero-order valence-corrected chi connectivity index (χ0v) is 12.5. The largest absolute Gasteiger partial charge is 0.390 e. The predicted octanol–water partition coefficient (Wildman–Crippen LogP) is 2.38. The third kappa shape index (κ3) is 2.99. The summed E-state index contributed by atoms with van der Waals surface area (Å²) in [4.78, 5) is 2.78. The Balaban J connectivity index is 2.33. The molecule has 0 saturated carbocycles. The van der Waals surface area contributed by atoms with Gasteiger partial charge >= 0.3 is 0 Å². The van der Waals surface area contributed by atoms with Gasteiger partial charge in [0.2, 0.25) is 0 Å². The van der Waals surface area contributed by atoms with E-state index in [2.05, 4.69) is 25.6 Å². The Labute approximate surface area is 119 Å². The summed E-state index contributed by atoms with van der Waals surface area (Å²) in [6.07, 6.45) is 1.34. The third-order valence-electron chi connectivity index (χ3n) is 2.63. The van der Waals surface area contributed by atoms with Gasteiger partial charge in [-0.2, -0.15) is 0 Å². The van der Waals surface area contributed by atoms with Gasteiger partial charge in [0, 0.05) is 16.4 Å². The predicted molar refractivity (Wildman–Crippen MR) is 76.4 cm³/mol. The van der Waals surface area contributed by atoms with Crippen molar-refractivity contribution in [3.05, 3.63) is 46.2 Å². The van der Waals surface area contributed by atoms with Crippen LogP contribution >= 0.6 is 15.9 Å². The van der Waals surface area contributed by atoms with E-state index < -0.39 is 10.0 Å². The minimum Gasteiger partial charge on any atom is -0.390 e. The van der Waals surface area contributed by atoms with E-state index in [9.17, 15) is 8.42 Å². The van der Waals surface area contributed by atoms with E-state index >= 15 is 0 Å². The van der Waals surface area contributed by atoms with Crippen molar-refractivity contribution in [2.75, 3.05) is 4.72 Å². The maximum atomic E-state index is 12.2. The van der Waals surface area contributed by atoms with Crippen LogP contribution in [-0.4, -0.2) is 18.5 Å². The topological polar surface area (TPSA) is 82.2 Å². The summed E-state index contributed by atoms with van der Waals surface area (Å²) in [5.74, 6) is 0. The number of H-pyrrole nitrogens is 1. The highest BCUT2D eigenvalue weighted by Gasteiger charge is 2.17. The van der Waals surface area contributed by atoms with Crippen molar-refractivity contribution in [2.45, 2.75) is 18.4 Å². The highest BCUT2D eigenvalue weighted by atomic mass is 79.9. The fraction of sp³-hybridized carbons (Fsp3) is 0.167. The van der Waals surface area contributed by atoms with Crippen LogP contribution in [0.2, 0.25) is 0 Å². The number of rotatable bonds is 4. The summed E-state index contributed by atoms with van der Waals surface area (Å²) in [7, 11) is -3.66. The highest BCUT2D eigenvalue weighted by Crippen LogP contribution is 2.28. The number of aryl methyl sites for hydroxylation is 1. The van der Waals surface area contributed by atoms with E-state index in [0.29, 0.717) is 15.9 Å². The zero-order valence-electron chi connectivity index (χ0n) is 10.1. The van der Waals surface area contributed by atoms with Gasteiger partial charge in [-0.15, -0.1) is 0 Å². The molecule has 0 spiro atoms. The van der Waals surface area contributed by atoms with Crippen molar-refractivity contribution in [2.24, 2.45) is 0 Å². The summed E-state index contributed by atoms with van der Waals surface area (Å²) >= 11 is 3.35. The molecule has 19 heavy (non-hydrogen) atoms. The number of aromatic amines is 1. The molecule has 0 aliphatic rings. The number of nitrogens with one attached hydrogen (secondary N) is 2. The first-order valence-electron chi connectivity index (χ1n) is 5.50. The zero-order chi connectivity index (χ0) is 14.0. The first-order valence-corrected chi connectivity index (χ1v) is 7.78. The smallest absolute Gasteiger partial charge is 0.263 e. The highest BCUT2D eigenvalue weighted by molar-refractivity contribution is 9.10. The monoisotopic (exact) mass is 344 g/mol. The number of aliphatic hydroxyl groups excluding tert-OH is 1. The quantitative estimate of drug-likeness (QED) is 0.796. The maximum absolute atomic E-state index is 12.2. The molecule has 0 radical (unpaired) electrons. The molecule has 0 aliphatic heterocycles. The molecule has 0 amide bonds. The third-order valence-corrected chi connectivity index (χ3v) is 5.03. The van der Waals surface area contributed by atoms with Crippen molar-refractivity contribution in [1.29, 1.82) is 0 Å². The Morgan fingerprint density at radius 3 is 2.79 bits per heavy atom. The maximum Gasteiger partial charge on any atom is 0.263 e. The van der Waals surface area contributed by atoms with Gasteiger partial charge in [0.05, 0.1) is 12.3 Å². The van der Waals surface area contributed by atoms with Crippen LogP contribution in [0.4, 0.5) is 5.69 Å². The van der Waals surface area contributed by atoms with Crippen molar-refractivity contribution in [1.82, 2.24) is 4.98 Å². The molecule has 1 heterocycles. The van der Waals surface area contributed by atoms with E-state index in [1.165, 1.54) is 12.3 Å². The molecule has 102 valence electrons. The molecular formula is C12H13BrN2O3S. The standard InChI is InChI=1S/C12H13BrN2O3S/c1-8-3-2-4-11(12(8)13)15-19(17,18)10-5-9(7-16)14-6-10/h2-6,14-16H,7H2,1H3. The van der Waals surface area contributed by atoms with Gasteiger partial charge in [0.15, 0.2) is 0 Å². The molecule has 0 fully saturated rings. The second-order valence-electron chi connectivity index (χ2n) is 4.06. The molecule has 5 nitrogen and oxygen atoms in total. The molecule has 3 N–H and O–H groups in total. The molecule has 0 unspecified atom stereocenters. The normalized spacial score (nSPS) is 11.5. The molecule has 2 rings (SSSR count). The minimum absolute atomic E-state index is 0.0879. The summed E-state index contributed by atoms with van der Waals surface area (Å²) in [5.41, 5.74) is 1.86. The Bertz CT molecular complexity index is 695. The SMILES string of the molecule is Cc1cccc(NS(=O)(=O)c2c[nH]c(CO)c2)c1Br. The molecule has 0 aliphatic carbocycles. The average Bonchev–Trinajstić information content (AvgIpc) is 2.84. The Morgan fingerprint density at radius 1 is 1.42 bits per heavy atom. The average molecular weight is 345 g/mol. The molecule has 0 atom stereocenters. The van der Waals surface area contributed by atoms with Crippen molar-refractivity contribution in [3.63, 3.8) is 0 Å². The lowest BCUT2D eigenvalue weighted by atomic mass is 10.2. The molecular weight excluding hydrogens is 332 g/mol. The van der Waals surface area contributed by atoms with Crippen LogP contribution in [-0.2, 0) is 16.6 Å². The van der Waals surface area contributed by atoms with Crippen LogP contribution in [0.25, 0.3) is 0 Å². The van der Waals surface area contributed by atoms with Gasteiger partial charge in [-0.25, -0.2) is 8.42 Å². The van der Waals surface area contributed by atoms with Crippen LogP contribution in [0.5, 0.6) is 0 Å². The summed E-state index contributed by atoms with van der Waals surface area (Å²) in [6, 6.07) is 6.72. The molecule has 1 aromatic carbocycles. The summed E-state index contributed by atoms with van der Waals surface area (Å²) < 4.78 is 27.5. The second-order valence-corrected chi connectivity index (χ2v) is 6.54. The number of hydrogen-bond donors (Lipinski definition) is 3. The first-order chi connectivity index (χ1) is 8.94. The van der Waals surface area contributed by atoms with Crippen LogP contribution in [0.3, 0.4) is 0 Å². The number of aliphatic hydroxyl groups is 1. The van der Waals surface area contributed by atoms with E-state index in [-0.39, 0.29) is 11.5 Å². The molecule has 7 heteroatoms. The van der Waals surface area contributed by atoms with Gasteiger partial charge in [0.1, 0.15) is 4.90 Å².